The van der Waals surface area contributed by atoms with Crippen LogP contribution in [0.1, 0.15) is 116 Å². The number of carbonyl (C=O) groups is 2. The molecule has 154 valence electrons. The number of carboxylic acids is 1. The molecule has 0 aromatic heterocycles. The molecule has 0 unspecified atom stereocenters. The van der Waals surface area contributed by atoms with Crippen molar-refractivity contribution < 1.29 is 14.7 Å². The molecule has 0 aromatic rings. The Hall–Kier alpha value is 0.200. The van der Waals surface area contributed by atoms with Crippen LogP contribution in [0.15, 0.2) is 0 Å². The van der Waals surface area contributed by atoms with Gasteiger partial charge in [-0.3, -0.25) is 9.59 Å². The van der Waals surface area contributed by atoms with Gasteiger partial charge < -0.3 is 10.0 Å². The average molecular weight is 410 g/mol. The summed E-state index contributed by atoms with van der Waals surface area (Å²) in [6.07, 6.45) is 20.4. The summed E-state index contributed by atoms with van der Waals surface area (Å²) in [5, 5.41) is 8.62. The minimum Gasteiger partial charge on any atom is -0.481 e. The van der Waals surface area contributed by atoms with E-state index in [1.54, 1.807) is 7.05 Å². The number of hydrogen-bond acceptors (Lipinski definition) is 2. The molecule has 0 saturated heterocycles. The van der Waals surface area contributed by atoms with E-state index in [9.17, 15) is 9.59 Å². The fraction of sp³-hybridized carbons (Fsp3) is 0.909. The normalized spacial score (nSPS) is 10.4. The zero-order valence-corrected chi connectivity index (χ0v) is 20.4. The van der Waals surface area contributed by atoms with E-state index in [4.69, 9.17) is 5.11 Å². The summed E-state index contributed by atoms with van der Waals surface area (Å²) in [6.45, 7) is 2.58. The van der Waals surface area contributed by atoms with Crippen LogP contribution < -0.4 is 0 Å². The summed E-state index contributed by atoms with van der Waals surface area (Å²) in [5.41, 5.74) is 0. The summed E-state index contributed by atoms with van der Waals surface area (Å²) < 4.78 is 0. The molecule has 4 nitrogen and oxygen atoms in total. The first-order valence-corrected chi connectivity index (χ1v) is 11.0. The monoisotopic (exact) mass is 409 g/mol. The number of unbranched alkanes of at least 4 members (excludes halogenated alkanes) is 14. The van der Waals surface area contributed by atoms with Crippen LogP contribution in [0.3, 0.4) is 0 Å². The van der Waals surface area contributed by atoms with Crippen molar-refractivity contribution in [3.8, 4) is 0 Å². The Morgan fingerprint density at radius 1 is 0.667 bits per heavy atom. The second-order valence-electron chi connectivity index (χ2n) is 7.66. The second-order valence-corrected chi connectivity index (χ2v) is 7.66. The van der Waals surface area contributed by atoms with E-state index in [1.807, 2.05) is 0 Å². The molecular weight excluding hydrogens is 366 g/mol. The van der Waals surface area contributed by atoms with Gasteiger partial charge in [-0.1, -0.05) is 96.8 Å². The number of nitrogens with zero attached hydrogens (tertiary/aromatic N) is 1. The van der Waals surface area contributed by atoms with Crippen LogP contribution in [0.25, 0.3) is 0 Å². The van der Waals surface area contributed by atoms with Gasteiger partial charge in [0.05, 0.1) is 6.42 Å². The van der Waals surface area contributed by atoms with Gasteiger partial charge in [0.2, 0.25) is 5.91 Å². The molecule has 0 aliphatic heterocycles. The molecular formula is C22H43CaNO3+2. The van der Waals surface area contributed by atoms with Gasteiger partial charge >= 0.3 is 43.7 Å². The van der Waals surface area contributed by atoms with Gasteiger partial charge in [-0.05, 0) is 6.42 Å². The van der Waals surface area contributed by atoms with Gasteiger partial charge in [0, 0.05) is 20.0 Å². The molecule has 0 aliphatic rings. The number of carbonyl (C=O) groups excluding carboxylic acids is 1. The molecule has 0 bridgehead atoms. The van der Waals surface area contributed by atoms with Crippen LogP contribution in [-0.2, 0) is 9.59 Å². The molecule has 0 aromatic carbocycles. The topological polar surface area (TPSA) is 57.6 Å². The number of rotatable bonds is 19. The first kappa shape index (κ1) is 29.4. The van der Waals surface area contributed by atoms with Crippen LogP contribution in [0.4, 0.5) is 0 Å². The van der Waals surface area contributed by atoms with Gasteiger partial charge in [-0.2, -0.15) is 0 Å². The van der Waals surface area contributed by atoms with Gasteiger partial charge in [-0.25, -0.2) is 0 Å². The molecule has 0 atom stereocenters. The molecule has 1 amide bonds. The van der Waals surface area contributed by atoms with Crippen molar-refractivity contribution in [1.82, 2.24) is 4.90 Å². The van der Waals surface area contributed by atoms with Crippen molar-refractivity contribution in [2.24, 2.45) is 0 Å². The van der Waals surface area contributed by atoms with E-state index in [2.05, 4.69) is 6.92 Å². The third kappa shape index (κ3) is 22.4. The molecule has 0 saturated carbocycles. The fourth-order valence-corrected chi connectivity index (χ4v) is 3.23. The minimum atomic E-state index is -0.850. The maximum Gasteiger partial charge on any atom is 2.00 e. The summed E-state index contributed by atoms with van der Waals surface area (Å²) in [6, 6.07) is 0. The zero-order valence-electron chi connectivity index (χ0n) is 18.1. The Bertz CT molecular complexity index is 350. The maximum atomic E-state index is 11.8. The Balaban J connectivity index is 0. The molecule has 0 aliphatic carbocycles. The van der Waals surface area contributed by atoms with Crippen molar-refractivity contribution in [2.75, 3.05) is 13.6 Å². The maximum absolute atomic E-state index is 11.8. The van der Waals surface area contributed by atoms with Gasteiger partial charge in [-0.15, -0.1) is 0 Å². The van der Waals surface area contributed by atoms with Crippen molar-refractivity contribution in [3.05, 3.63) is 0 Å². The third-order valence-corrected chi connectivity index (χ3v) is 5.08. The Morgan fingerprint density at radius 2 is 1.04 bits per heavy atom. The number of aliphatic carboxylic acids is 1. The van der Waals surface area contributed by atoms with Crippen molar-refractivity contribution in [2.45, 2.75) is 116 Å². The SMILES string of the molecule is CCCCCCCCCCCCCCCCCC(=O)N(C)CCC(=O)O.[Ca+2]. The largest absolute Gasteiger partial charge is 2.00 e. The molecule has 1 N–H and O–H groups in total. The third-order valence-electron chi connectivity index (χ3n) is 5.08. The van der Waals surface area contributed by atoms with Crippen LogP contribution in [0.2, 0.25) is 0 Å². The van der Waals surface area contributed by atoms with Gasteiger partial charge in [0.15, 0.2) is 0 Å². The van der Waals surface area contributed by atoms with E-state index >= 15 is 0 Å². The predicted octanol–water partition coefficient (Wildman–Crippen LogP) is 5.80. The van der Waals surface area contributed by atoms with E-state index in [-0.39, 0.29) is 50.1 Å². The van der Waals surface area contributed by atoms with Gasteiger partial charge in [0.1, 0.15) is 0 Å². The minimum absolute atomic E-state index is 0. The van der Waals surface area contributed by atoms with Crippen molar-refractivity contribution in [3.63, 3.8) is 0 Å². The smallest absolute Gasteiger partial charge is 0.481 e. The van der Waals surface area contributed by atoms with Crippen molar-refractivity contribution in [1.29, 1.82) is 0 Å². The molecule has 0 rings (SSSR count). The summed E-state index contributed by atoms with van der Waals surface area (Å²) >= 11 is 0. The molecule has 0 fully saturated rings. The zero-order chi connectivity index (χ0) is 19.5. The van der Waals surface area contributed by atoms with E-state index in [1.165, 1.54) is 88.4 Å². The molecule has 27 heavy (non-hydrogen) atoms. The van der Waals surface area contributed by atoms with Crippen molar-refractivity contribution >= 4 is 49.6 Å². The number of hydrogen-bond donors (Lipinski definition) is 1. The van der Waals surface area contributed by atoms with Crippen LogP contribution in [0, 0.1) is 0 Å². The Kier molecular flexibility index (Phi) is 24.5. The Labute approximate surface area is 197 Å². The second kappa shape index (κ2) is 22.5. The van der Waals surface area contributed by atoms with Crippen LogP contribution in [-0.4, -0.2) is 73.2 Å². The quantitative estimate of drug-likeness (QED) is 0.217. The predicted molar refractivity (Wildman–Crippen MR) is 115 cm³/mol. The first-order valence-electron chi connectivity index (χ1n) is 11.0. The summed E-state index contributed by atoms with van der Waals surface area (Å²) in [4.78, 5) is 23.9. The van der Waals surface area contributed by atoms with E-state index < -0.39 is 5.97 Å². The van der Waals surface area contributed by atoms with Crippen LogP contribution >= 0.6 is 0 Å². The first-order chi connectivity index (χ1) is 12.6. The average Bonchev–Trinajstić information content (AvgIpc) is 2.62. The molecule has 0 heterocycles. The number of carboxylic acid groups (broad SMARTS) is 1. The molecule has 0 spiro atoms. The molecule has 0 radical (unpaired) electrons. The van der Waals surface area contributed by atoms with Crippen LogP contribution in [0.5, 0.6) is 0 Å². The summed E-state index contributed by atoms with van der Waals surface area (Å²) in [5.74, 6) is -0.780. The van der Waals surface area contributed by atoms with Gasteiger partial charge in [0.25, 0.3) is 0 Å². The number of amides is 1. The van der Waals surface area contributed by atoms with E-state index in [0.29, 0.717) is 13.0 Å². The fourth-order valence-electron chi connectivity index (χ4n) is 3.23. The Morgan fingerprint density at radius 3 is 1.41 bits per heavy atom. The standard InChI is InChI=1S/C22H43NO3.Ca/c1-3-4-5-6-7-8-9-10-11-12-13-14-15-16-17-18-21(24)23(2)20-19-22(25)26;/h3-20H2,1-2H3,(H,25,26);/q;+2. The molecule has 5 heteroatoms. The summed E-state index contributed by atoms with van der Waals surface area (Å²) in [7, 11) is 1.69. The van der Waals surface area contributed by atoms with E-state index in [0.717, 1.165) is 12.8 Å².